The van der Waals surface area contributed by atoms with Crippen molar-refractivity contribution in [1.29, 1.82) is 0 Å². The highest BCUT2D eigenvalue weighted by molar-refractivity contribution is 7.99. The standard InChI is InChI=1S/C16H20N4S2/c1-4-12-17-15-13(10-7-6-9(3)8-11(10)22-15)14-18-19-16(20(12)14)21-5-2/h9H,4-8H2,1-3H3/t9-/m0/s1. The van der Waals surface area contributed by atoms with Gasteiger partial charge in [-0.15, -0.1) is 21.5 Å². The van der Waals surface area contributed by atoms with Gasteiger partial charge in [0.25, 0.3) is 0 Å². The molecule has 0 saturated heterocycles. The lowest BCUT2D eigenvalue weighted by atomic mass is 9.89. The van der Waals surface area contributed by atoms with Crippen LogP contribution in [-0.4, -0.2) is 25.3 Å². The molecule has 0 spiro atoms. The number of hydrogen-bond acceptors (Lipinski definition) is 5. The number of rotatable bonds is 3. The van der Waals surface area contributed by atoms with Crippen molar-refractivity contribution in [3.63, 3.8) is 0 Å². The minimum atomic E-state index is 0.784. The lowest BCUT2D eigenvalue weighted by Crippen LogP contribution is -2.09. The fourth-order valence-corrected chi connectivity index (χ4v) is 5.41. The average molecular weight is 332 g/mol. The number of thioether (sulfide) groups is 1. The molecule has 0 saturated carbocycles. The predicted molar refractivity (Wildman–Crippen MR) is 93.1 cm³/mol. The minimum absolute atomic E-state index is 0.784. The Morgan fingerprint density at radius 3 is 2.95 bits per heavy atom. The van der Waals surface area contributed by atoms with Crippen molar-refractivity contribution in [3.8, 4) is 0 Å². The first-order chi connectivity index (χ1) is 10.7. The normalized spacial score (nSPS) is 18.2. The maximum atomic E-state index is 4.96. The van der Waals surface area contributed by atoms with E-state index in [0.29, 0.717) is 0 Å². The molecule has 1 aliphatic carbocycles. The highest BCUT2D eigenvalue weighted by Crippen LogP contribution is 2.39. The van der Waals surface area contributed by atoms with Gasteiger partial charge in [-0.1, -0.05) is 32.5 Å². The molecule has 0 fully saturated rings. The van der Waals surface area contributed by atoms with Gasteiger partial charge in [-0.05, 0) is 36.5 Å². The van der Waals surface area contributed by atoms with Crippen molar-refractivity contribution < 1.29 is 0 Å². The van der Waals surface area contributed by atoms with Gasteiger partial charge in [-0.25, -0.2) is 4.98 Å². The van der Waals surface area contributed by atoms with E-state index in [1.165, 1.54) is 28.7 Å². The summed E-state index contributed by atoms with van der Waals surface area (Å²) in [5.74, 6) is 2.86. The first-order valence-electron chi connectivity index (χ1n) is 8.04. The molecule has 6 heteroatoms. The van der Waals surface area contributed by atoms with Crippen molar-refractivity contribution in [2.24, 2.45) is 5.92 Å². The molecule has 0 aromatic carbocycles. The van der Waals surface area contributed by atoms with Crippen molar-refractivity contribution >= 4 is 39.0 Å². The second kappa shape index (κ2) is 5.49. The molecule has 3 aromatic rings. The summed E-state index contributed by atoms with van der Waals surface area (Å²) in [6, 6.07) is 0. The van der Waals surface area contributed by atoms with E-state index in [4.69, 9.17) is 4.98 Å². The third-order valence-corrected chi connectivity index (χ3v) is 6.39. The quantitative estimate of drug-likeness (QED) is 0.676. The molecule has 0 unspecified atom stereocenters. The number of nitrogens with zero attached hydrogens (tertiary/aromatic N) is 4. The smallest absolute Gasteiger partial charge is 0.197 e. The summed E-state index contributed by atoms with van der Waals surface area (Å²) in [6.07, 6.45) is 4.52. The Morgan fingerprint density at radius 1 is 1.32 bits per heavy atom. The molecule has 4 rings (SSSR count). The molecule has 116 valence electrons. The molecule has 3 aromatic heterocycles. The summed E-state index contributed by atoms with van der Waals surface area (Å²) in [4.78, 5) is 7.63. The Kier molecular flexibility index (Phi) is 3.61. The first-order valence-corrected chi connectivity index (χ1v) is 9.84. The van der Waals surface area contributed by atoms with Crippen LogP contribution in [0, 0.1) is 5.92 Å². The summed E-state index contributed by atoms with van der Waals surface area (Å²) >= 11 is 3.61. The number of hydrogen-bond donors (Lipinski definition) is 0. The third kappa shape index (κ3) is 2.07. The van der Waals surface area contributed by atoms with Crippen molar-refractivity contribution in [1.82, 2.24) is 19.6 Å². The Hall–Kier alpha value is -1.14. The van der Waals surface area contributed by atoms with E-state index in [1.54, 1.807) is 11.8 Å². The lowest BCUT2D eigenvalue weighted by molar-refractivity contribution is 0.509. The van der Waals surface area contributed by atoms with Crippen molar-refractivity contribution in [3.05, 3.63) is 16.3 Å². The van der Waals surface area contributed by atoms with E-state index < -0.39 is 0 Å². The zero-order chi connectivity index (χ0) is 15.3. The van der Waals surface area contributed by atoms with Crippen LogP contribution in [-0.2, 0) is 19.3 Å². The Bertz CT molecular complexity index is 849. The van der Waals surface area contributed by atoms with E-state index in [-0.39, 0.29) is 0 Å². The molecule has 0 bridgehead atoms. The van der Waals surface area contributed by atoms with Gasteiger partial charge in [0, 0.05) is 11.3 Å². The highest BCUT2D eigenvalue weighted by atomic mass is 32.2. The van der Waals surface area contributed by atoms with Gasteiger partial charge in [-0.3, -0.25) is 4.40 Å². The summed E-state index contributed by atoms with van der Waals surface area (Å²) in [5.41, 5.74) is 2.50. The first kappa shape index (κ1) is 14.5. The van der Waals surface area contributed by atoms with Crippen LogP contribution in [0.3, 0.4) is 0 Å². The second-order valence-electron chi connectivity index (χ2n) is 5.99. The third-order valence-electron chi connectivity index (χ3n) is 4.43. The molecular formula is C16H20N4S2. The maximum Gasteiger partial charge on any atom is 0.197 e. The van der Waals surface area contributed by atoms with Gasteiger partial charge in [0.05, 0.1) is 5.39 Å². The van der Waals surface area contributed by atoms with E-state index in [2.05, 4.69) is 35.4 Å². The second-order valence-corrected chi connectivity index (χ2v) is 8.30. The van der Waals surface area contributed by atoms with Crippen LogP contribution < -0.4 is 0 Å². The van der Waals surface area contributed by atoms with Crippen molar-refractivity contribution in [2.45, 2.75) is 51.6 Å². The molecule has 3 heterocycles. The molecule has 1 aliphatic rings. The number of fused-ring (bicyclic) bond motifs is 5. The predicted octanol–water partition coefficient (Wildman–Crippen LogP) is 4.14. The molecule has 0 aliphatic heterocycles. The largest absolute Gasteiger partial charge is 0.257 e. The van der Waals surface area contributed by atoms with Crippen LogP contribution in [0.25, 0.3) is 15.9 Å². The van der Waals surface area contributed by atoms with E-state index in [9.17, 15) is 0 Å². The van der Waals surface area contributed by atoms with Gasteiger partial charge in [-0.2, -0.15) is 0 Å². The monoisotopic (exact) mass is 332 g/mol. The van der Waals surface area contributed by atoms with Gasteiger partial charge in [0.15, 0.2) is 10.8 Å². The molecular weight excluding hydrogens is 312 g/mol. The minimum Gasteiger partial charge on any atom is -0.257 e. The zero-order valence-electron chi connectivity index (χ0n) is 13.2. The van der Waals surface area contributed by atoms with Crippen molar-refractivity contribution in [2.75, 3.05) is 5.75 Å². The van der Waals surface area contributed by atoms with Crippen LogP contribution in [0.4, 0.5) is 0 Å². The van der Waals surface area contributed by atoms with Crippen LogP contribution in [0.1, 0.15) is 43.5 Å². The fourth-order valence-electron chi connectivity index (χ4n) is 3.34. The van der Waals surface area contributed by atoms with Crippen LogP contribution in [0.2, 0.25) is 0 Å². The van der Waals surface area contributed by atoms with Crippen LogP contribution in [0.15, 0.2) is 5.16 Å². The molecule has 0 amide bonds. The van der Waals surface area contributed by atoms with E-state index >= 15 is 0 Å². The Balaban J connectivity index is 2.05. The molecule has 0 N–H and O–H groups in total. The number of aromatic nitrogens is 4. The fraction of sp³-hybridized carbons (Fsp3) is 0.562. The topological polar surface area (TPSA) is 43.1 Å². The summed E-state index contributed by atoms with van der Waals surface area (Å²) < 4.78 is 2.18. The average Bonchev–Trinajstić information content (AvgIpc) is 3.07. The highest BCUT2D eigenvalue weighted by Gasteiger charge is 2.25. The van der Waals surface area contributed by atoms with Gasteiger partial charge in [0.1, 0.15) is 10.7 Å². The number of thiophene rings is 1. The Labute approximate surface area is 138 Å². The Morgan fingerprint density at radius 2 is 2.18 bits per heavy atom. The zero-order valence-corrected chi connectivity index (χ0v) is 14.9. The molecule has 1 atom stereocenters. The maximum absolute atomic E-state index is 4.96. The van der Waals surface area contributed by atoms with Gasteiger partial charge in [0.2, 0.25) is 0 Å². The number of aryl methyl sites for hydroxylation is 2. The lowest BCUT2D eigenvalue weighted by Gasteiger charge is -2.17. The van der Waals surface area contributed by atoms with Crippen LogP contribution in [0.5, 0.6) is 0 Å². The van der Waals surface area contributed by atoms with E-state index in [1.807, 2.05) is 11.3 Å². The molecule has 0 radical (unpaired) electrons. The summed E-state index contributed by atoms with van der Waals surface area (Å²) in [5, 5.41) is 11.2. The van der Waals surface area contributed by atoms with E-state index in [0.717, 1.165) is 46.0 Å². The van der Waals surface area contributed by atoms with Gasteiger partial charge < -0.3 is 0 Å². The molecule has 4 nitrogen and oxygen atoms in total. The summed E-state index contributed by atoms with van der Waals surface area (Å²) in [7, 11) is 0. The van der Waals surface area contributed by atoms with Gasteiger partial charge >= 0.3 is 0 Å². The summed E-state index contributed by atoms with van der Waals surface area (Å²) in [6.45, 7) is 6.65. The SMILES string of the molecule is CCSc1nnc2c3c4c(sc3nc(CC)n12)C[C@@H](C)CC4. The van der Waals surface area contributed by atoms with Crippen LogP contribution >= 0.6 is 23.1 Å². The molecule has 22 heavy (non-hydrogen) atoms.